The van der Waals surface area contributed by atoms with Gasteiger partial charge in [0.15, 0.2) is 11.5 Å². The van der Waals surface area contributed by atoms with Crippen molar-refractivity contribution in [2.45, 2.75) is 19.4 Å². The van der Waals surface area contributed by atoms with Crippen molar-refractivity contribution in [2.75, 3.05) is 12.4 Å². The highest BCUT2D eigenvalue weighted by atomic mass is 19.1. The Kier molecular flexibility index (Phi) is 6.89. The molecular weight excluding hydrogens is 427 g/mol. The van der Waals surface area contributed by atoms with E-state index in [0.29, 0.717) is 41.1 Å². The number of hydrogen-bond donors (Lipinski definition) is 1. The first-order chi connectivity index (χ1) is 16.1. The van der Waals surface area contributed by atoms with Gasteiger partial charge in [-0.25, -0.2) is 4.39 Å². The van der Waals surface area contributed by atoms with Crippen LogP contribution < -0.4 is 14.8 Å². The second-order valence-corrected chi connectivity index (χ2v) is 7.08. The topological polar surface area (TPSA) is 99.4 Å². The number of rotatable bonds is 9. The minimum absolute atomic E-state index is 0.143. The molecule has 0 atom stereocenters. The number of nitrogens with zero attached hydrogens (tertiary/aromatic N) is 3. The summed E-state index contributed by atoms with van der Waals surface area (Å²) in [5.74, 6) is 1.16. The van der Waals surface area contributed by atoms with E-state index in [9.17, 15) is 9.18 Å². The van der Waals surface area contributed by atoms with E-state index in [-0.39, 0.29) is 24.6 Å². The molecule has 2 aromatic heterocycles. The maximum Gasteiger partial charge on any atom is 0.227 e. The molecule has 0 saturated carbocycles. The van der Waals surface area contributed by atoms with Gasteiger partial charge >= 0.3 is 0 Å². The summed E-state index contributed by atoms with van der Waals surface area (Å²) in [7, 11) is 1.55. The van der Waals surface area contributed by atoms with Crippen molar-refractivity contribution in [3.05, 3.63) is 84.3 Å². The molecule has 0 unspecified atom stereocenters. The smallest absolute Gasteiger partial charge is 0.227 e. The summed E-state index contributed by atoms with van der Waals surface area (Å²) in [4.78, 5) is 20.7. The average molecular weight is 448 g/mol. The van der Waals surface area contributed by atoms with E-state index >= 15 is 0 Å². The van der Waals surface area contributed by atoms with Gasteiger partial charge in [-0.2, -0.15) is 4.98 Å². The van der Waals surface area contributed by atoms with E-state index in [1.54, 1.807) is 49.8 Å². The zero-order valence-corrected chi connectivity index (χ0v) is 17.8. The Morgan fingerprint density at radius 1 is 1.06 bits per heavy atom. The summed E-state index contributed by atoms with van der Waals surface area (Å²) in [6.07, 6.45) is 3.79. The van der Waals surface area contributed by atoms with Gasteiger partial charge in [0.2, 0.25) is 17.6 Å². The van der Waals surface area contributed by atoms with Gasteiger partial charge in [-0.1, -0.05) is 5.16 Å². The molecule has 168 valence electrons. The number of carbonyl (C=O) groups excluding carboxylic acids is 1. The molecule has 1 amide bonds. The van der Waals surface area contributed by atoms with Gasteiger partial charge < -0.3 is 19.3 Å². The monoisotopic (exact) mass is 448 g/mol. The molecule has 0 saturated heterocycles. The van der Waals surface area contributed by atoms with Crippen LogP contribution in [0, 0.1) is 5.82 Å². The molecule has 8 nitrogen and oxygen atoms in total. The lowest BCUT2D eigenvalue weighted by Gasteiger charge is -2.13. The van der Waals surface area contributed by atoms with Crippen LogP contribution in [0.5, 0.6) is 11.5 Å². The molecule has 0 aliphatic carbocycles. The average Bonchev–Trinajstić information content (AvgIpc) is 3.32. The van der Waals surface area contributed by atoms with Crippen molar-refractivity contribution in [3.63, 3.8) is 0 Å². The lowest BCUT2D eigenvalue weighted by atomic mass is 10.2. The minimum Gasteiger partial charge on any atom is -0.493 e. The normalized spacial score (nSPS) is 10.6. The van der Waals surface area contributed by atoms with Gasteiger partial charge in [0, 0.05) is 42.6 Å². The van der Waals surface area contributed by atoms with Gasteiger partial charge in [-0.3, -0.25) is 9.78 Å². The Balaban J connectivity index is 1.34. The van der Waals surface area contributed by atoms with Crippen LogP contribution in [0.2, 0.25) is 0 Å². The number of pyridine rings is 1. The van der Waals surface area contributed by atoms with Crippen LogP contribution in [-0.4, -0.2) is 28.1 Å². The van der Waals surface area contributed by atoms with Crippen LogP contribution >= 0.6 is 0 Å². The number of aryl methyl sites for hydroxylation is 1. The Labute approximate surface area is 189 Å². The first-order valence-corrected chi connectivity index (χ1v) is 10.2. The molecule has 0 aliphatic heterocycles. The van der Waals surface area contributed by atoms with E-state index in [2.05, 4.69) is 20.4 Å². The molecule has 4 rings (SSSR count). The number of methoxy groups -OCH3 is 1. The van der Waals surface area contributed by atoms with Crippen LogP contribution in [0.1, 0.15) is 17.9 Å². The fraction of sp³-hybridized carbons (Fsp3) is 0.167. The number of hydrogen-bond acceptors (Lipinski definition) is 7. The zero-order chi connectivity index (χ0) is 23.0. The quantitative estimate of drug-likeness (QED) is 0.404. The van der Waals surface area contributed by atoms with E-state index in [1.165, 1.54) is 12.1 Å². The van der Waals surface area contributed by atoms with Gasteiger partial charge in [0.05, 0.1) is 7.11 Å². The largest absolute Gasteiger partial charge is 0.493 e. The Bertz CT molecular complexity index is 1210. The summed E-state index contributed by atoms with van der Waals surface area (Å²) in [5, 5.41) is 6.71. The van der Waals surface area contributed by atoms with Crippen molar-refractivity contribution in [1.82, 2.24) is 15.1 Å². The highest BCUT2D eigenvalue weighted by Crippen LogP contribution is 2.31. The van der Waals surface area contributed by atoms with E-state index < -0.39 is 0 Å². The second kappa shape index (κ2) is 10.4. The third kappa shape index (κ3) is 5.91. The molecule has 0 bridgehead atoms. The third-order valence-electron chi connectivity index (χ3n) is 4.73. The van der Waals surface area contributed by atoms with Crippen molar-refractivity contribution >= 4 is 11.6 Å². The van der Waals surface area contributed by atoms with Crippen LogP contribution in [0.4, 0.5) is 10.1 Å². The highest BCUT2D eigenvalue weighted by molar-refractivity contribution is 5.91. The van der Waals surface area contributed by atoms with E-state index in [0.717, 1.165) is 5.56 Å². The maximum atomic E-state index is 13.1. The summed E-state index contributed by atoms with van der Waals surface area (Å²) in [6, 6.07) is 14.7. The SMILES string of the molecule is COc1ccc(NC(=O)CCc2nc(-c3ccc(F)cc3)no2)cc1OCc1ccncc1. The molecule has 4 aromatic rings. The van der Waals surface area contributed by atoms with Crippen LogP contribution in [-0.2, 0) is 17.8 Å². The number of halogens is 1. The van der Waals surface area contributed by atoms with Crippen LogP contribution in [0.15, 0.2) is 71.5 Å². The molecule has 33 heavy (non-hydrogen) atoms. The molecule has 0 radical (unpaired) electrons. The van der Waals surface area contributed by atoms with E-state index in [4.69, 9.17) is 14.0 Å². The molecule has 0 spiro atoms. The van der Waals surface area contributed by atoms with Crippen molar-refractivity contribution in [3.8, 4) is 22.9 Å². The number of carbonyl (C=O) groups is 1. The van der Waals surface area contributed by atoms with Crippen LogP contribution in [0.25, 0.3) is 11.4 Å². The first-order valence-electron chi connectivity index (χ1n) is 10.2. The Morgan fingerprint density at radius 2 is 1.85 bits per heavy atom. The number of aromatic nitrogens is 3. The van der Waals surface area contributed by atoms with Crippen molar-refractivity contribution < 1.29 is 23.2 Å². The summed E-state index contributed by atoms with van der Waals surface area (Å²) < 4.78 is 29.5. The minimum atomic E-state index is -0.344. The Hall–Kier alpha value is -4.27. The lowest BCUT2D eigenvalue weighted by molar-refractivity contribution is -0.116. The van der Waals surface area contributed by atoms with Crippen molar-refractivity contribution in [1.29, 1.82) is 0 Å². The number of benzene rings is 2. The maximum absolute atomic E-state index is 13.1. The number of amides is 1. The second-order valence-electron chi connectivity index (χ2n) is 7.08. The molecular formula is C24H21FN4O4. The zero-order valence-electron chi connectivity index (χ0n) is 17.8. The first kappa shape index (κ1) is 21.9. The predicted molar refractivity (Wildman–Crippen MR) is 118 cm³/mol. The van der Waals surface area contributed by atoms with Gasteiger partial charge in [0.25, 0.3) is 0 Å². The van der Waals surface area contributed by atoms with Gasteiger partial charge in [0.1, 0.15) is 12.4 Å². The van der Waals surface area contributed by atoms with Gasteiger partial charge in [-0.05, 0) is 54.1 Å². The summed E-state index contributed by atoms with van der Waals surface area (Å²) >= 11 is 0. The highest BCUT2D eigenvalue weighted by Gasteiger charge is 2.13. The molecule has 2 aromatic carbocycles. The number of ether oxygens (including phenoxy) is 2. The Morgan fingerprint density at radius 3 is 2.61 bits per heavy atom. The number of anilines is 1. The van der Waals surface area contributed by atoms with Crippen molar-refractivity contribution in [2.24, 2.45) is 0 Å². The predicted octanol–water partition coefficient (Wildman–Crippen LogP) is 4.43. The molecule has 9 heteroatoms. The fourth-order valence-electron chi connectivity index (χ4n) is 3.02. The van der Waals surface area contributed by atoms with Crippen LogP contribution in [0.3, 0.4) is 0 Å². The third-order valence-corrected chi connectivity index (χ3v) is 4.73. The molecule has 1 N–H and O–H groups in total. The lowest BCUT2D eigenvalue weighted by Crippen LogP contribution is -2.12. The molecule has 0 aliphatic rings. The summed E-state index contributed by atoms with van der Waals surface area (Å²) in [5.41, 5.74) is 2.16. The fourth-order valence-corrected chi connectivity index (χ4v) is 3.02. The molecule has 2 heterocycles. The number of nitrogens with one attached hydrogen (secondary N) is 1. The standard InChI is InChI=1S/C24H21FN4O4/c1-31-20-7-6-19(14-21(20)32-15-16-10-12-26-13-11-16)27-22(30)8-9-23-28-24(29-33-23)17-2-4-18(25)5-3-17/h2-7,10-14H,8-9,15H2,1H3,(H,27,30). The summed E-state index contributed by atoms with van der Waals surface area (Å²) in [6.45, 7) is 0.337. The molecule has 0 fully saturated rings. The van der Waals surface area contributed by atoms with Gasteiger partial charge in [-0.15, -0.1) is 0 Å². The van der Waals surface area contributed by atoms with E-state index in [1.807, 2.05) is 12.1 Å².